The minimum absolute atomic E-state index is 0.238. The molecule has 0 radical (unpaired) electrons. The maximum absolute atomic E-state index is 11.5. The van der Waals surface area contributed by atoms with Crippen molar-refractivity contribution in [2.24, 2.45) is 0 Å². The normalized spacial score (nSPS) is 11.8. The van der Waals surface area contributed by atoms with Crippen LogP contribution in [0.4, 0.5) is 0 Å². The van der Waals surface area contributed by atoms with E-state index < -0.39 is 5.97 Å². The number of aromatic hydroxyl groups is 1. The van der Waals surface area contributed by atoms with Gasteiger partial charge >= 0.3 is 5.97 Å². The molecule has 0 saturated carbocycles. The number of phenolic OH excluding ortho intramolecular Hbond substituents is 1. The molecule has 1 aliphatic carbocycles. The third-order valence-corrected chi connectivity index (χ3v) is 4.39. The quantitative estimate of drug-likeness (QED) is 0.579. The van der Waals surface area contributed by atoms with E-state index in [-0.39, 0.29) is 11.3 Å². The van der Waals surface area contributed by atoms with Crippen LogP contribution >= 0.6 is 0 Å². The molecule has 0 heterocycles. The zero-order valence-electron chi connectivity index (χ0n) is 12.3. The third-order valence-electron chi connectivity index (χ3n) is 4.39. The van der Waals surface area contributed by atoms with E-state index in [0.717, 1.165) is 27.8 Å². The van der Waals surface area contributed by atoms with Crippen LogP contribution in [0.1, 0.15) is 21.5 Å². The third kappa shape index (κ3) is 2.01. The average molecular weight is 302 g/mol. The number of benzene rings is 3. The Balaban J connectivity index is 2.00. The van der Waals surface area contributed by atoms with Gasteiger partial charge in [0.1, 0.15) is 5.75 Å². The second-order valence-electron chi connectivity index (χ2n) is 5.67. The van der Waals surface area contributed by atoms with Crippen LogP contribution in [0.5, 0.6) is 5.75 Å². The van der Waals surface area contributed by atoms with E-state index in [1.54, 1.807) is 18.2 Å². The van der Waals surface area contributed by atoms with Crippen molar-refractivity contribution in [1.29, 1.82) is 0 Å². The maximum atomic E-state index is 11.5. The van der Waals surface area contributed by atoms with Crippen LogP contribution in [-0.4, -0.2) is 16.2 Å². The molecule has 0 saturated heterocycles. The monoisotopic (exact) mass is 302 g/mol. The van der Waals surface area contributed by atoms with Crippen LogP contribution < -0.4 is 0 Å². The second-order valence-corrected chi connectivity index (χ2v) is 5.67. The molecule has 0 spiro atoms. The predicted octanol–water partition coefficient (Wildman–Crippen LogP) is 4.33. The Bertz CT molecular complexity index is 941. The lowest BCUT2D eigenvalue weighted by atomic mass is 9.92. The Kier molecular flexibility index (Phi) is 2.95. The van der Waals surface area contributed by atoms with Gasteiger partial charge in [-0.2, -0.15) is 0 Å². The molecule has 0 aliphatic heterocycles. The second kappa shape index (κ2) is 4.99. The van der Waals surface area contributed by atoms with Gasteiger partial charge in [-0.25, -0.2) is 4.79 Å². The summed E-state index contributed by atoms with van der Waals surface area (Å²) >= 11 is 0. The molecule has 0 bridgehead atoms. The van der Waals surface area contributed by atoms with Crippen molar-refractivity contribution in [2.45, 2.75) is 6.42 Å². The van der Waals surface area contributed by atoms with E-state index in [1.165, 1.54) is 0 Å². The van der Waals surface area contributed by atoms with Crippen molar-refractivity contribution in [3.05, 3.63) is 77.4 Å². The first-order chi connectivity index (χ1) is 11.2. The van der Waals surface area contributed by atoms with Crippen LogP contribution in [0.3, 0.4) is 0 Å². The van der Waals surface area contributed by atoms with Crippen LogP contribution in [0, 0.1) is 0 Å². The minimum atomic E-state index is -0.946. The van der Waals surface area contributed by atoms with E-state index in [0.29, 0.717) is 12.0 Å². The van der Waals surface area contributed by atoms with E-state index in [9.17, 15) is 15.0 Å². The molecule has 1 aliphatic rings. The topological polar surface area (TPSA) is 57.5 Å². The Morgan fingerprint density at radius 2 is 1.52 bits per heavy atom. The number of phenols is 1. The summed E-state index contributed by atoms with van der Waals surface area (Å²) in [7, 11) is 0. The van der Waals surface area contributed by atoms with Crippen molar-refractivity contribution in [2.75, 3.05) is 0 Å². The Hall–Kier alpha value is -3.07. The summed E-state index contributed by atoms with van der Waals surface area (Å²) in [5.41, 5.74) is 5.80. The molecule has 4 rings (SSSR count). The highest BCUT2D eigenvalue weighted by Crippen LogP contribution is 2.46. The molecule has 3 nitrogen and oxygen atoms in total. The van der Waals surface area contributed by atoms with Gasteiger partial charge in [0.2, 0.25) is 0 Å². The first-order valence-electron chi connectivity index (χ1n) is 7.42. The average Bonchev–Trinajstić information content (AvgIpc) is 2.95. The molecule has 112 valence electrons. The molecular formula is C20H14O3. The highest BCUT2D eigenvalue weighted by Gasteiger charge is 2.25. The Labute approximate surface area is 133 Å². The van der Waals surface area contributed by atoms with E-state index in [2.05, 4.69) is 0 Å². The number of aromatic carboxylic acids is 1. The zero-order chi connectivity index (χ0) is 16.0. The maximum Gasteiger partial charge on any atom is 0.336 e. The van der Waals surface area contributed by atoms with Gasteiger partial charge in [-0.05, 0) is 46.4 Å². The summed E-state index contributed by atoms with van der Waals surface area (Å²) in [6.07, 6.45) is 0.698. The van der Waals surface area contributed by atoms with E-state index in [1.807, 2.05) is 42.5 Å². The van der Waals surface area contributed by atoms with Crippen molar-refractivity contribution in [3.63, 3.8) is 0 Å². The van der Waals surface area contributed by atoms with Crippen molar-refractivity contribution < 1.29 is 15.0 Å². The summed E-state index contributed by atoms with van der Waals surface area (Å²) in [5.74, 6) is -0.709. The number of hydrogen-bond acceptors (Lipinski definition) is 2. The van der Waals surface area contributed by atoms with Gasteiger partial charge in [0.25, 0.3) is 0 Å². The molecule has 0 atom stereocenters. The van der Waals surface area contributed by atoms with Gasteiger partial charge in [0, 0.05) is 5.56 Å². The van der Waals surface area contributed by atoms with Crippen LogP contribution in [0.15, 0.2) is 60.7 Å². The molecule has 0 unspecified atom stereocenters. The number of hydrogen-bond donors (Lipinski definition) is 2. The first kappa shape index (κ1) is 13.6. The Morgan fingerprint density at radius 3 is 2.30 bits per heavy atom. The summed E-state index contributed by atoms with van der Waals surface area (Å²) in [5, 5.41) is 19.8. The predicted molar refractivity (Wildman–Crippen MR) is 88.7 cm³/mol. The van der Waals surface area contributed by atoms with Crippen molar-refractivity contribution >= 4 is 5.97 Å². The van der Waals surface area contributed by atoms with E-state index >= 15 is 0 Å². The van der Waals surface area contributed by atoms with E-state index in [4.69, 9.17) is 0 Å². The highest BCUT2D eigenvalue weighted by molar-refractivity contribution is 5.98. The Morgan fingerprint density at radius 1 is 0.826 bits per heavy atom. The molecule has 3 heteroatoms. The van der Waals surface area contributed by atoms with Crippen molar-refractivity contribution in [1.82, 2.24) is 0 Å². The lowest BCUT2D eigenvalue weighted by molar-refractivity contribution is 0.0697. The molecule has 0 fully saturated rings. The molecule has 0 amide bonds. The number of carboxylic acid groups (broad SMARTS) is 1. The van der Waals surface area contributed by atoms with Gasteiger partial charge < -0.3 is 10.2 Å². The molecule has 0 aromatic heterocycles. The van der Waals surface area contributed by atoms with Gasteiger partial charge in [-0.1, -0.05) is 48.5 Å². The van der Waals surface area contributed by atoms with Crippen LogP contribution in [-0.2, 0) is 6.42 Å². The molecule has 3 aromatic rings. The number of carbonyl (C=O) groups is 1. The van der Waals surface area contributed by atoms with Crippen LogP contribution in [0.2, 0.25) is 0 Å². The zero-order valence-corrected chi connectivity index (χ0v) is 12.3. The fraction of sp³-hybridized carbons (Fsp3) is 0.0500. The summed E-state index contributed by atoms with van der Waals surface area (Å²) in [6.45, 7) is 0. The van der Waals surface area contributed by atoms with Gasteiger partial charge in [0.15, 0.2) is 0 Å². The number of rotatable bonds is 2. The van der Waals surface area contributed by atoms with Gasteiger partial charge in [0.05, 0.1) is 5.56 Å². The lowest BCUT2D eigenvalue weighted by Gasteiger charge is -2.12. The van der Waals surface area contributed by atoms with Gasteiger partial charge in [-0.15, -0.1) is 0 Å². The molecular weight excluding hydrogens is 288 g/mol. The fourth-order valence-electron chi connectivity index (χ4n) is 3.39. The summed E-state index contributed by atoms with van der Waals surface area (Å²) in [4.78, 5) is 11.5. The SMILES string of the molecule is O=C(O)c1ccccc1-c1ccc(O)c2c1Cc1ccccc1-2. The van der Waals surface area contributed by atoms with Crippen molar-refractivity contribution in [3.8, 4) is 28.0 Å². The molecule has 2 N–H and O–H groups in total. The largest absolute Gasteiger partial charge is 0.507 e. The summed E-state index contributed by atoms with van der Waals surface area (Å²) < 4.78 is 0. The fourth-order valence-corrected chi connectivity index (χ4v) is 3.39. The number of fused-ring (bicyclic) bond motifs is 3. The first-order valence-corrected chi connectivity index (χ1v) is 7.42. The minimum Gasteiger partial charge on any atom is -0.507 e. The highest BCUT2D eigenvalue weighted by atomic mass is 16.4. The standard InChI is InChI=1S/C20H14O3/c21-18-10-9-15(14-7-3-4-8-16(14)20(22)23)17-11-12-5-1-2-6-13(12)19(17)18/h1-10,21H,11H2,(H,22,23). The molecule has 23 heavy (non-hydrogen) atoms. The van der Waals surface area contributed by atoms with Gasteiger partial charge in [-0.3, -0.25) is 0 Å². The lowest BCUT2D eigenvalue weighted by Crippen LogP contribution is -2.00. The smallest absolute Gasteiger partial charge is 0.336 e. The number of carboxylic acids is 1. The summed E-state index contributed by atoms with van der Waals surface area (Å²) in [6, 6.07) is 18.4. The molecule has 3 aromatic carbocycles. The van der Waals surface area contributed by atoms with Crippen LogP contribution in [0.25, 0.3) is 22.3 Å².